The predicted octanol–water partition coefficient (Wildman–Crippen LogP) is -0.378. The van der Waals surface area contributed by atoms with E-state index in [-0.39, 0.29) is 18.0 Å². The van der Waals surface area contributed by atoms with Crippen molar-refractivity contribution in [2.75, 3.05) is 18.6 Å². The molecule has 1 aliphatic rings. The first kappa shape index (κ1) is 11.7. The highest BCUT2D eigenvalue weighted by Gasteiger charge is 2.20. The summed E-state index contributed by atoms with van der Waals surface area (Å²) >= 11 is 0. The first-order valence-electron chi connectivity index (χ1n) is 4.90. The Morgan fingerprint density at radius 3 is 2.93 bits per heavy atom. The van der Waals surface area contributed by atoms with E-state index in [0.29, 0.717) is 12.2 Å². The van der Waals surface area contributed by atoms with Crippen LogP contribution in [0.15, 0.2) is 0 Å². The van der Waals surface area contributed by atoms with E-state index in [1.54, 1.807) is 6.26 Å². The highest BCUT2D eigenvalue weighted by molar-refractivity contribution is 7.84. The summed E-state index contributed by atoms with van der Waals surface area (Å²) in [5, 5.41) is 6.15. The van der Waals surface area contributed by atoms with E-state index in [1.807, 2.05) is 6.92 Å². The zero-order valence-electron chi connectivity index (χ0n) is 8.71. The van der Waals surface area contributed by atoms with Gasteiger partial charge < -0.3 is 10.6 Å². The van der Waals surface area contributed by atoms with E-state index in [4.69, 9.17) is 0 Å². The Kier molecular flexibility index (Phi) is 4.54. The highest BCUT2D eigenvalue weighted by atomic mass is 32.2. The van der Waals surface area contributed by atoms with Crippen molar-refractivity contribution in [2.45, 2.75) is 31.8 Å². The number of carbonyl (C=O) groups excluding carboxylic acids is 1. The van der Waals surface area contributed by atoms with Gasteiger partial charge in [-0.05, 0) is 13.3 Å². The van der Waals surface area contributed by atoms with Gasteiger partial charge in [0.05, 0.1) is 0 Å². The number of rotatable bonds is 5. The van der Waals surface area contributed by atoms with E-state index in [0.717, 1.165) is 13.0 Å². The molecule has 1 aliphatic heterocycles. The molecule has 14 heavy (non-hydrogen) atoms. The number of hydrogen-bond acceptors (Lipinski definition) is 3. The summed E-state index contributed by atoms with van der Waals surface area (Å²) in [6.45, 7) is 2.79. The molecule has 3 unspecified atom stereocenters. The third kappa shape index (κ3) is 4.19. The third-order valence-electron chi connectivity index (χ3n) is 2.28. The number of hydrogen-bond donors (Lipinski definition) is 2. The molecule has 4 nitrogen and oxygen atoms in total. The van der Waals surface area contributed by atoms with Crippen LogP contribution in [0.1, 0.15) is 19.8 Å². The highest BCUT2D eigenvalue weighted by Crippen LogP contribution is 2.05. The molecule has 3 atom stereocenters. The maximum atomic E-state index is 10.9. The second-order valence-corrected chi connectivity index (χ2v) is 5.33. The van der Waals surface area contributed by atoms with Crippen LogP contribution in [0.2, 0.25) is 0 Å². The van der Waals surface area contributed by atoms with Crippen molar-refractivity contribution in [3.63, 3.8) is 0 Å². The molecule has 0 bridgehead atoms. The van der Waals surface area contributed by atoms with Crippen molar-refractivity contribution < 1.29 is 9.00 Å². The third-order valence-corrected chi connectivity index (χ3v) is 3.25. The lowest BCUT2D eigenvalue weighted by Gasteiger charge is -2.16. The van der Waals surface area contributed by atoms with Crippen molar-refractivity contribution in [2.24, 2.45) is 0 Å². The van der Waals surface area contributed by atoms with Crippen molar-refractivity contribution >= 4 is 16.7 Å². The fourth-order valence-electron chi connectivity index (χ4n) is 1.58. The van der Waals surface area contributed by atoms with Gasteiger partial charge in [0.1, 0.15) is 0 Å². The lowest BCUT2D eigenvalue weighted by Crippen LogP contribution is -2.41. The van der Waals surface area contributed by atoms with Crippen LogP contribution < -0.4 is 10.6 Å². The minimum Gasteiger partial charge on any atom is -0.352 e. The van der Waals surface area contributed by atoms with E-state index in [2.05, 4.69) is 10.6 Å². The molecule has 0 saturated carbocycles. The SMILES string of the molecule is CC(CS(C)=O)NCC1CCC(=O)N1. The molecule has 1 saturated heterocycles. The molecule has 0 aromatic rings. The first-order valence-corrected chi connectivity index (χ1v) is 6.63. The van der Waals surface area contributed by atoms with Gasteiger partial charge in [0.2, 0.25) is 5.91 Å². The van der Waals surface area contributed by atoms with E-state index >= 15 is 0 Å². The van der Waals surface area contributed by atoms with Crippen LogP contribution in [0.5, 0.6) is 0 Å². The van der Waals surface area contributed by atoms with Gasteiger partial charge in [0, 0.05) is 47.9 Å². The summed E-state index contributed by atoms with van der Waals surface area (Å²) in [7, 11) is -0.755. The summed E-state index contributed by atoms with van der Waals surface area (Å²) in [5.74, 6) is 0.809. The lowest BCUT2D eigenvalue weighted by atomic mass is 10.2. The van der Waals surface area contributed by atoms with Gasteiger partial charge in [-0.3, -0.25) is 9.00 Å². The van der Waals surface area contributed by atoms with E-state index in [9.17, 15) is 9.00 Å². The summed E-state index contributed by atoms with van der Waals surface area (Å²) in [6, 6.07) is 0.508. The Hall–Kier alpha value is -0.420. The molecule has 1 rings (SSSR count). The summed E-state index contributed by atoms with van der Waals surface area (Å²) in [4.78, 5) is 10.9. The van der Waals surface area contributed by atoms with Gasteiger partial charge in [-0.1, -0.05) is 0 Å². The van der Waals surface area contributed by atoms with Crippen LogP contribution in [-0.4, -0.2) is 40.8 Å². The maximum absolute atomic E-state index is 10.9. The van der Waals surface area contributed by atoms with Gasteiger partial charge in [0.25, 0.3) is 0 Å². The molecule has 5 heteroatoms. The zero-order chi connectivity index (χ0) is 10.6. The van der Waals surface area contributed by atoms with Crippen LogP contribution in [-0.2, 0) is 15.6 Å². The molecule has 1 fully saturated rings. The predicted molar refractivity (Wildman–Crippen MR) is 57.6 cm³/mol. The molecule has 0 radical (unpaired) electrons. The largest absolute Gasteiger partial charge is 0.352 e. The Bertz CT molecular complexity index is 233. The van der Waals surface area contributed by atoms with Crippen molar-refractivity contribution in [3.8, 4) is 0 Å². The molecule has 0 aliphatic carbocycles. The minimum atomic E-state index is -0.755. The monoisotopic (exact) mass is 218 g/mol. The standard InChI is InChI=1S/C9H18N2O2S/c1-7(6-14(2)13)10-5-8-3-4-9(12)11-8/h7-8,10H,3-6H2,1-2H3,(H,11,12). The number of carbonyl (C=O) groups is 1. The van der Waals surface area contributed by atoms with E-state index < -0.39 is 10.8 Å². The van der Waals surface area contributed by atoms with E-state index in [1.165, 1.54) is 0 Å². The number of nitrogens with one attached hydrogen (secondary N) is 2. The first-order chi connectivity index (χ1) is 6.58. The number of amides is 1. The Morgan fingerprint density at radius 2 is 2.43 bits per heavy atom. The fourth-order valence-corrected chi connectivity index (χ4v) is 2.41. The molecule has 2 N–H and O–H groups in total. The van der Waals surface area contributed by atoms with Gasteiger partial charge in [0.15, 0.2) is 0 Å². The average molecular weight is 218 g/mol. The molecule has 0 aromatic carbocycles. The summed E-state index contributed by atoms with van der Waals surface area (Å²) in [6.07, 6.45) is 3.25. The van der Waals surface area contributed by atoms with Gasteiger partial charge in [-0.25, -0.2) is 0 Å². The topological polar surface area (TPSA) is 58.2 Å². The second kappa shape index (κ2) is 5.46. The second-order valence-electron chi connectivity index (χ2n) is 3.85. The molecule has 1 heterocycles. The Morgan fingerprint density at radius 1 is 1.71 bits per heavy atom. The molecule has 0 aromatic heterocycles. The minimum absolute atomic E-state index is 0.142. The van der Waals surface area contributed by atoms with Crippen LogP contribution in [0.25, 0.3) is 0 Å². The van der Waals surface area contributed by atoms with Crippen molar-refractivity contribution in [1.29, 1.82) is 0 Å². The molecule has 82 valence electrons. The summed E-state index contributed by atoms with van der Waals surface area (Å²) < 4.78 is 10.9. The smallest absolute Gasteiger partial charge is 0.220 e. The summed E-state index contributed by atoms with van der Waals surface area (Å²) in [5.41, 5.74) is 0. The normalized spacial score (nSPS) is 25.9. The quantitative estimate of drug-likeness (QED) is 0.661. The van der Waals surface area contributed by atoms with Crippen LogP contribution in [0.3, 0.4) is 0 Å². The van der Waals surface area contributed by atoms with Gasteiger partial charge in [-0.15, -0.1) is 0 Å². The molecule has 1 amide bonds. The van der Waals surface area contributed by atoms with Crippen LogP contribution >= 0.6 is 0 Å². The van der Waals surface area contributed by atoms with Crippen LogP contribution in [0, 0.1) is 0 Å². The fraction of sp³-hybridized carbons (Fsp3) is 0.889. The van der Waals surface area contributed by atoms with Crippen LogP contribution in [0.4, 0.5) is 0 Å². The maximum Gasteiger partial charge on any atom is 0.220 e. The van der Waals surface area contributed by atoms with Crippen molar-refractivity contribution in [1.82, 2.24) is 10.6 Å². The zero-order valence-corrected chi connectivity index (χ0v) is 9.52. The molecule has 0 spiro atoms. The Balaban J connectivity index is 2.14. The average Bonchev–Trinajstić information content (AvgIpc) is 2.47. The Labute approximate surface area is 87.3 Å². The molecular weight excluding hydrogens is 200 g/mol. The van der Waals surface area contributed by atoms with Gasteiger partial charge in [-0.2, -0.15) is 0 Å². The van der Waals surface area contributed by atoms with Crippen molar-refractivity contribution in [3.05, 3.63) is 0 Å². The van der Waals surface area contributed by atoms with Gasteiger partial charge >= 0.3 is 0 Å². The lowest BCUT2D eigenvalue weighted by molar-refractivity contribution is -0.119. The molecular formula is C9H18N2O2S.